The SMILES string of the molecule is CCC(=O)CC1c2ccccc2OC(=O)C1(C)C. The van der Waals surface area contributed by atoms with Gasteiger partial charge in [0.2, 0.25) is 0 Å². The number of Topliss-reactive ketones (excluding diaryl/α,β-unsaturated/α-hetero) is 1. The summed E-state index contributed by atoms with van der Waals surface area (Å²) in [6, 6.07) is 7.48. The van der Waals surface area contributed by atoms with E-state index in [4.69, 9.17) is 4.74 Å². The predicted molar refractivity (Wildman–Crippen MR) is 68.5 cm³/mol. The summed E-state index contributed by atoms with van der Waals surface area (Å²) in [5.74, 6) is 0.422. The number of fused-ring (bicyclic) bond motifs is 1. The molecule has 96 valence electrons. The standard InChI is InChI=1S/C15H18O3/c1-4-10(16)9-12-11-7-5-6-8-13(11)18-14(17)15(12,2)3/h5-8,12H,4,9H2,1-3H3. The molecule has 1 atom stereocenters. The fourth-order valence-electron chi connectivity index (χ4n) is 2.36. The summed E-state index contributed by atoms with van der Waals surface area (Å²) in [6.07, 6.45) is 0.902. The van der Waals surface area contributed by atoms with Crippen molar-refractivity contribution >= 4 is 11.8 Å². The van der Waals surface area contributed by atoms with Crippen molar-refractivity contribution in [2.75, 3.05) is 0 Å². The maximum absolute atomic E-state index is 12.0. The Bertz CT molecular complexity index is 488. The van der Waals surface area contributed by atoms with Gasteiger partial charge in [-0.25, -0.2) is 0 Å². The van der Waals surface area contributed by atoms with E-state index in [1.807, 2.05) is 39.0 Å². The van der Waals surface area contributed by atoms with Crippen molar-refractivity contribution in [3.05, 3.63) is 29.8 Å². The quantitative estimate of drug-likeness (QED) is 0.608. The van der Waals surface area contributed by atoms with Crippen molar-refractivity contribution in [2.24, 2.45) is 5.41 Å². The Labute approximate surface area is 107 Å². The Balaban J connectivity index is 2.45. The van der Waals surface area contributed by atoms with Crippen LogP contribution in [-0.2, 0) is 9.59 Å². The van der Waals surface area contributed by atoms with Crippen molar-refractivity contribution in [3.8, 4) is 5.75 Å². The molecule has 0 aliphatic carbocycles. The summed E-state index contributed by atoms with van der Waals surface area (Å²) in [5.41, 5.74) is 0.308. The van der Waals surface area contributed by atoms with Crippen LogP contribution in [0.5, 0.6) is 5.75 Å². The van der Waals surface area contributed by atoms with Crippen molar-refractivity contribution in [1.29, 1.82) is 0 Å². The number of ketones is 1. The fourth-order valence-corrected chi connectivity index (χ4v) is 2.36. The molecular weight excluding hydrogens is 228 g/mol. The maximum Gasteiger partial charge on any atom is 0.317 e. The molecule has 0 fully saturated rings. The van der Waals surface area contributed by atoms with E-state index in [0.717, 1.165) is 5.56 Å². The highest BCUT2D eigenvalue weighted by atomic mass is 16.5. The topological polar surface area (TPSA) is 43.4 Å². The number of carbonyl (C=O) groups excluding carboxylic acids is 2. The number of benzene rings is 1. The first-order valence-corrected chi connectivity index (χ1v) is 6.29. The van der Waals surface area contributed by atoms with Gasteiger partial charge < -0.3 is 4.74 Å². The lowest BCUT2D eigenvalue weighted by atomic mass is 9.70. The van der Waals surface area contributed by atoms with E-state index in [2.05, 4.69) is 0 Å². The monoisotopic (exact) mass is 246 g/mol. The van der Waals surface area contributed by atoms with Gasteiger partial charge in [0.25, 0.3) is 0 Å². The second-order valence-corrected chi connectivity index (χ2v) is 5.30. The van der Waals surface area contributed by atoms with Gasteiger partial charge in [0.15, 0.2) is 0 Å². The highest BCUT2D eigenvalue weighted by molar-refractivity contribution is 5.86. The normalized spacial score (nSPS) is 21.1. The predicted octanol–water partition coefficient (Wildman–Crippen LogP) is 3.08. The minimum Gasteiger partial charge on any atom is -0.426 e. The highest BCUT2D eigenvalue weighted by Gasteiger charge is 2.44. The highest BCUT2D eigenvalue weighted by Crippen LogP contribution is 2.46. The average molecular weight is 246 g/mol. The third-order valence-electron chi connectivity index (χ3n) is 3.72. The molecule has 0 spiro atoms. The van der Waals surface area contributed by atoms with Gasteiger partial charge >= 0.3 is 5.97 Å². The zero-order chi connectivity index (χ0) is 13.3. The molecule has 1 aliphatic heterocycles. The van der Waals surface area contributed by atoms with Crippen molar-refractivity contribution in [1.82, 2.24) is 0 Å². The van der Waals surface area contributed by atoms with E-state index in [1.165, 1.54) is 0 Å². The molecule has 0 radical (unpaired) electrons. The van der Waals surface area contributed by atoms with Crippen LogP contribution in [-0.4, -0.2) is 11.8 Å². The van der Waals surface area contributed by atoms with Crippen LogP contribution in [0.1, 0.15) is 45.1 Å². The lowest BCUT2D eigenvalue weighted by Gasteiger charge is -2.37. The van der Waals surface area contributed by atoms with Gasteiger partial charge in [-0.05, 0) is 25.5 Å². The Morgan fingerprint density at radius 1 is 1.33 bits per heavy atom. The van der Waals surface area contributed by atoms with Gasteiger partial charge in [-0.2, -0.15) is 0 Å². The van der Waals surface area contributed by atoms with Crippen molar-refractivity contribution < 1.29 is 14.3 Å². The lowest BCUT2D eigenvalue weighted by molar-refractivity contribution is -0.147. The third kappa shape index (κ3) is 2.05. The molecule has 0 saturated carbocycles. The van der Waals surface area contributed by atoms with Crippen molar-refractivity contribution in [3.63, 3.8) is 0 Å². The molecule has 1 unspecified atom stereocenters. The van der Waals surface area contributed by atoms with Crippen LogP contribution >= 0.6 is 0 Å². The fraction of sp³-hybridized carbons (Fsp3) is 0.467. The van der Waals surface area contributed by atoms with E-state index < -0.39 is 5.41 Å². The van der Waals surface area contributed by atoms with Crippen LogP contribution < -0.4 is 4.74 Å². The number of hydrogen-bond donors (Lipinski definition) is 0. The van der Waals surface area contributed by atoms with Crippen molar-refractivity contribution in [2.45, 2.75) is 39.5 Å². The molecule has 0 N–H and O–H groups in total. The lowest BCUT2D eigenvalue weighted by Crippen LogP contribution is -2.40. The summed E-state index contributed by atoms with van der Waals surface area (Å²) >= 11 is 0. The van der Waals surface area contributed by atoms with Crippen LogP contribution in [0, 0.1) is 5.41 Å². The molecule has 1 aromatic rings. The molecular formula is C15H18O3. The van der Waals surface area contributed by atoms with Gasteiger partial charge in [0.05, 0.1) is 5.41 Å². The zero-order valence-corrected chi connectivity index (χ0v) is 11.0. The van der Waals surface area contributed by atoms with Gasteiger partial charge in [-0.15, -0.1) is 0 Å². The van der Waals surface area contributed by atoms with Crippen LogP contribution in [0.2, 0.25) is 0 Å². The molecule has 18 heavy (non-hydrogen) atoms. The molecule has 0 bridgehead atoms. The van der Waals surface area contributed by atoms with E-state index in [-0.39, 0.29) is 17.7 Å². The molecule has 1 aromatic carbocycles. The molecule has 3 nitrogen and oxygen atoms in total. The van der Waals surface area contributed by atoms with Crippen LogP contribution in [0.15, 0.2) is 24.3 Å². The number of esters is 1. The number of ether oxygens (including phenoxy) is 1. The second kappa shape index (κ2) is 4.56. The first kappa shape index (κ1) is 12.8. The van der Waals surface area contributed by atoms with Gasteiger partial charge in [0, 0.05) is 18.8 Å². The maximum atomic E-state index is 12.0. The molecule has 0 aromatic heterocycles. The minimum atomic E-state index is -0.654. The summed E-state index contributed by atoms with van der Waals surface area (Å²) in [4.78, 5) is 23.8. The molecule has 0 amide bonds. The summed E-state index contributed by atoms with van der Waals surface area (Å²) in [5, 5.41) is 0. The largest absolute Gasteiger partial charge is 0.426 e. The third-order valence-corrected chi connectivity index (χ3v) is 3.72. The molecule has 0 saturated heterocycles. The first-order valence-electron chi connectivity index (χ1n) is 6.29. The average Bonchev–Trinajstić information content (AvgIpc) is 2.35. The summed E-state index contributed by atoms with van der Waals surface area (Å²) in [6.45, 7) is 5.54. The Kier molecular flexibility index (Phi) is 3.24. The van der Waals surface area contributed by atoms with Gasteiger partial charge in [-0.1, -0.05) is 25.1 Å². The smallest absolute Gasteiger partial charge is 0.317 e. The summed E-state index contributed by atoms with van der Waals surface area (Å²) < 4.78 is 5.34. The van der Waals surface area contributed by atoms with E-state index >= 15 is 0 Å². The van der Waals surface area contributed by atoms with E-state index in [0.29, 0.717) is 18.6 Å². The summed E-state index contributed by atoms with van der Waals surface area (Å²) in [7, 11) is 0. The number of hydrogen-bond acceptors (Lipinski definition) is 3. The minimum absolute atomic E-state index is 0.0950. The Hall–Kier alpha value is -1.64. The van der Waals surface area contributed by atoms with Crippen LogP contribution in [0.25, 0.3) is 0 Å². The first-order chi connectivity index (χ1) is 8.46. The molecule has 1 aliphatic rings. The number of para-hydroxylation sites is 1. The Morgan fingerprint density at radius 3 is 2.67 bits per heavy atom. The zero-order valence-electron chi connectivity index (χ0n) is 11.0. The van der Waals surface area contributed by atoms with Crippen LogP contribution in [0.4, 0.5) is 0 Å². The molecule has 2 rings (SSSR count). The molecule has 3 heteroatoms. The van der Waals surface area contributed by atoms with Gasteiger partial charge in [-0.3, -0.25) is 9.59 Å². The van der Waals surface area contributed by atoms with Crippen LogP contribution in [0.3, 0.4) is 0 Å². The van der Waals surface area contributed by atoms with E-state index in [1.54, 1.807) is 6.07 Å². The number of rotatable bonds is 3. The number of carbonyl (C=O) groups is 2. The van der Waals surface area contributed by atoms with E-state index in [9.17, 15) is 9.59 Å². The second-order valence-electron chi connectivity index (χ2n) is 5.30. The van der Waals surface area contributed by atoms with Gasteiger partial charge in [0.1, 0.15) is 11.5 Å². The Morgan fingerprint density at radius 2 is 2.00 bits per heavy atom. The molecule has 1 heterocycles.